The summed E-state index contributed by atoms with van der Waals surface area (Å²) in [6, 6.07) is 0. The van der Waals surface area contributed by atoms with Gasteiger partial charge in [-0.1, -0.05) is 13.8 Å². The average molecular weight is 348 g/mol. The van der Waals surface area contributed by atoms with Crippen LogP contribution in [0.3, 0.4) is 0 Å². The van der Waals surface area contributed by atoms with Gasteiger partial charge in [-0.25, -0.2) is 0 Å². The number of Topliss-reactive ketones (excluding diaryl/α,β-unsaturated/α-hetero) is 2. The Morgan fingerprint density at radius 2 is 1.88 bits per heavy atom. The number of fused-ring (bicyclic) bond motifs is 5. The van der Waals surface area contributed by atoms with Gasteiger partial charge in [0.25, 0.3) is 0 Å². The van der Waals surface area contributed by atoms with Crippen molar-refractivity contribution < 1.29 is 19.8 Å². The maximum Gasteiger partial charge on any atom is 0.161 e. The van der Waals surface area contributed by atoms with E-state index in [9.17, 15) is 19.8 Å². The molecule has 4 rings (SSSR count). The van der Waals surface area contributed by atoms with Crippen LogP contribution in [0.15, 0.2) is 0 Å². The highest BCUT2D eigenvalue weighted by atomic mass is 16.3. The topological polar surface area (TPSA) is 74.6 Å². The van der Waals surface area contributed by atoms with Crippen LogP contribution >= 0.6 is 0 Å². The highest BCUT2D eigenvalue weighted by Crippen LogP contribution is 2.66. The van der Waals surface area contributed by atoms with Crippen LogP contribution in [0, 0.1) is 40.4 Å². The molecule has 4 nitrogen and oxygen atoms in total. The molecule has 0 aliphatic heterocycles. The van der Waals surface area contributed by atoms with Gasteiger partial charge in [0.15, 0.2) is 5.78 Å². The van der Waals surface area contributed by atoms with Crippen molar-refractivity contribution in [3.63, 3.8) is 0 Å². The summed E-state index contributed by atoms with van der Waals surface area (Å²) in [6.45, 7) is 4.04. The van der Waals surface area contributed by atoms with Crippen LogP contribution in [-0.2, 0) is 9.59 Å². The molecule has 4 heteroatoms. The Kier molecular flexibility index (Phi) is 4.16. The van der Waals surface area contributed by atoms with Crippen molar-refractivity contribution in [1.29, 1.82) is 0 Å². The summed E-state index contributed by atoms with van der Waals surface area (Å²) in [4.78, 5) is 25.6. The van der Waals surface area contributed by atoms with Gasteiger partial charge in [-0.2, -0.15) is 0 Å². The van der Waals surface area contributed by atoms with Crippen molar-refractivity contribution in [1.82, 2.24) is 0 Å². The van der Waals surface area contributed by atoms with Crippen LogP contribution in [0.4, 0.5) is 0 Å². The van der Waals surface area contributed by atoms with Crippen molar-refractivity contribution in [2.75, 3.05) is 6.61 Å². The molecular formula is C21H32O4. The van der Waals surface area contributed by atoms with Crippen LogP contribution < -0.4 is 0 Å². The fraction of sp³-hybridized carbons (Fsp3) is 0.905. The second-order valence-electron chi connectivity index (χ2n) is 9.86. The summed E-state index contributed by atoms with van der Waals surface area (Å²) >= 11 is 0. The number of hydrogen-bond donors (Lipinski definition) is 2. The molecule has 0 radical (unpaired) electrons. The predicted octanol–water partition coefficient (Wildman–Crippen LogP) is 2.75. The van der Waals surface area contributed by atoms with Crippen molar-refractivity contribution in [3.05, 3.63) is 0 Å². The first-order valence-corrected chi connectivity index (χ1v) is 10.2. The first kappa shape index (κ1) is 17.7. The zero-order chi connectivity index (χ0) is 18.0. The smallest absolute Gasteiger partial charge is 0.161 e. The molecule has 0 amide bonds. The minimum Gasteiger partial charge on any atom is -0.393 e. The lowest BCUT2D eigenvalue weighted by Gasteiger charge is -2.59. The minimum absolute atomic E-state index is 0.0274. The minimum atomic E-state index is -0.396. The molecule has 0 bridgehead atoms. The Bertz CT molecular complexity index is 586. The normalized spacial score (nSPS) is 52.2. The van der Waals surface area contributed by atoms with Gasteiger partial charge in [0.2, 0.25) is 0 Å². The summed E-state index contributed by atoms with van der Waals surface area (Å²) in [5.41, 5.74) is -0.227. The van der Waals surface area contributed by atoms with E-state index in [1.807, 2.05) is 0 Å². The fourth-order valence-electron chi connectivity index (χ4n) is 7.69. The lowest BCUT2D eigenvalue weighted by Crippen LogP contribution is -2.58. The van der Waals surface area contributed by atoms with Crippen molar-refractivity contribution in [3.8, 4) is 0 Å². The van der Waals surface area contributed by atoms with Gasteiger partial charge in [0.05, 0.1) is 6.10 Å². The van der Waals surface area contributed by atoms with Crippen LogP contribution in [0.1, 0.15) is 65.2 Å². The van der Waals surface area contributed by atoms with E-state index < -0.39 is 6.61 Å². The standard InChI is InChI=1S/C21H32O4/c1-20-8-7-13(23)9-12(20)3-4-14-15-5-6-16(18(25)11-22)21(15,2)10-17(24)19(14)20/h12-16,19,22-23H,3-11H2,1-2H3/t12-,13-,14+,15-,16-,19-,20+,21+/m1/s1. The monoisotopic (exact) mass is 348 g/mol. The molecular weight excluding hydrogens is 316 g/mol. The molecule has 0 aromatic carbocycles. The Morgan fingerprint density at radius 3 is 2.60 bits per heavy atom. The quantitative estimate of drug-likeness (QED) is 0.805. The maximum atomic E-state index is 13.3. The molecule has 0 saturated heterocycles. The first-order valence-electron chi connectivity index (χ1n) is 10.2. The summed E-state index contributed by atoms with van der Waals surface area (Å²) < 4.78 is 0. The molecule has 4 aliphatic carbocycles. The van der Waals surface area contributed by atoms with Crippen LogP contribution in [0.25, 0.3) is 0 Å². The lowest BCUT2D eigenvalue weighted by atomic mass is 9.44. The van der Waals surface area contributed by atoms with Gasteiger partial charge >= 0.3 is 0 Å². The molecule has 4 saturated carbocycles. The van der Waals surface area contributed by atoms with E-state index in [-0.39, 0.29) is 34.6 Å². The summed E-state index contributed by atoms with van der Waals surface area (Å²) in [7, 11) is 0. The van der Waals surface area contributed by atoms with E-state index in [1.54, 1.807) is 0 Å². The number of aliphatic hydroxyl groups is 2. The largest absolute Gasteiger partial charge is 0.393 e. The van der Waals surface area contributed by atoms with Crippen LogP contribution in [0.2, 0.25) is 0 Å². The van der Waals surface area contributed by atoms with Crippen molar-refractivity contribution in [2.45, 2.75) is 71.3 Å². The van der Waals surface area contributed by atoms with Crippen molar-refractivity contribution >= 4 is 11.6 Å². The molecule has 0 spiro atoms. The molecule has 2 N–H and O–H groups in total. The Balaban J connectivity index is 1.66. The number of ketones is 2. The zero-order valence-corrected chi connectivity index (χ0v) is 15.5. The first-order chi connectivity index (χ1) is 11.8. The summed E-state index contributed by atoms with van der Waals surface area (Å²) in [6.07, 6.45) is 6.93. The third kappa shape index (κ3) is 2.39. The molecule has 140 valence electrons. The molecule has 4 aliphatic rings. The number of hydrogen-bond acceptors (Lipinski definition) is 4. The number of aliphatic hydroxyl groups excluding tert-OH is 2. The highest BCUT2D eigenvalue weighted by Gasteiger charge is 2.63. The number of rotatable bonds is 2. The van der Waals surface area contributed by atoms with Crippen LogP contribution in [-0.4, -0.2) is 34.5 Å². The molecule has 4 fully saturated rings. The fourth-order valence-corrected chi connectivity index (χ4v) is 7.69. The average Bonchev–Trinajstić information content (AvgIpc) is 2.91. The third-order valence-electron chi connectivity index (χ3n) is 8.87. The van der Waals surface area contributed by atoms with Crippen molar-refractivity contribution in [2.24, 2.45) is 40.4 Å². The molecule has 0 heterocycles. The second kappa shape index (κ2) is 5.88. The SMILES string of the molecule is C[C@]12CC[C@@H](O)C[C@H]1CC[C@H]1[C@H]3CC[C@H](C(=O)CO)[C@@]3(C)CC(=O)[C@@H]12. The second-order valence-corrected chi connectivity index (χ2v) is 9.86. The molecule has 0 aromatic rings. The number of carbonyl (C=O) groups is 2. The number of carbonyl (C=O) groups excluding carboxylic acids is 2. The molecule has 25 heavy (non-hydrogen) atoms. The van der Waals surface area contributed by atoms with Gasteiger partial charge in [-0.05, 0) is 73.5 Å². The Morgan fingerprint density at radius 1 is 1.12 bits per heavy atom. The zero-order valence-electron chi connectivity index (χ0n) is 15.5. The Hall–Kier alpha value is -0.740. The molecule has 0 aromatic heterocycles. The lowest BCUT2D eigenvalue weighted by molar-refractivity contribution is -0.162. The molecule has 8 atom stereocenters. The maximum absolute atomic E-state index is 13.3. The van der Waals surface area contributed by atoms with Gasteiger partial charge in [-0.3, -0.25) is 9.59 Å². The summed E-state index contributed by atoms with van der Waals surface area (Å²) in [5, 5.41) is 19.5. The van der Waals surface area contributed by atoms with Gasteiger partial charge in [-0.15, -0.1) is 0 Å². The van der Waals surface area contributed by atoms with Crippen LogP contribution in [0.5, 0.6) is 0 Å². The van der Waals surface area contributed by atoms with E-state index in [1.165, 1.54) is 0 Å². The van der Waals surface area contributed by atoms with E-state index in [0.717, 1.165) is 44.9 Å². The summed E-state index contributed by atoms with van der Waals surface area (Å²) in [5.74, 6) is 1.52. The van der Waals surface area contributed by atoms with E-state index in [2.05, 4.69) is 13.8 Å². The Labute approximate surface area is 150 Å². The van der Waals surface area contributed by atoms with Gasteiger partial charge in [0.1, 0.15) is 12.4 Å². The van der Waals surface area contributed by atoms with E-state index >= 15 is 0 Å². The van der Waals surface area contributed by atoms with Gasteiger partial charge < -0.3 is 10.2 Å². The predicted molar refractivity (Wildman–Crippen MR) is 93.7 cm³/mol. The van der Waals surface area contributed by atoms with E-state index in [4.69, 9.17) is 0 Å². The molecule has 0 unspecified atom stereocenters. The van der Waals surface area contributed by atoms with Gasteiger partial charge in [0, 0.05) is 18.3 Å². The van der Waals surface area contributed by atoms with E-state index in [0.29, 0.717) is 30.0 Å². The third-order valence-corrected chi connectivity index (χ3v) is 8.87. The highest BCUT2D eigenvalue weighted by molar-refractivity contribution is 5.88.